The molecule has 4 atom stereocenters. The molecule has 17 heavy (non-hydrogen) atoms. The van der Waals surface area contributed by atoms with E-state index in [0.29, 0.717) is 12.0 Å². The summed E-state index contributed by atoms with van der Waals surface area (Å²) < 4.78 is 11.9. The van der Waals surface area contributed by atoms with Crippen LogP contribution in [-0.2, 0) is 9.47 Å². The fourth-order valence-corrected chi connectivity index (χ4v) is 3.19. The molecule has 2 nitrogen and oxygen atoms in total. The molecule has 0 bridgehead atoms. The summed E-state index contributed by atoms with van der Waals surface area (Å²) in [6, 6.07) is 10.6. The fraction of sp³-hybridized carbons (Fsp3) is 0.600. The SMILES string of the molecule is CC1OC2CCCCC2C(c2ccccc2)O1. The zero-order chi connectivity index (χ0) is 11.7. The lowest BCUT2D eigenvalue weighted by Gasteiger charge is -2.43. The predicted octanol–water partition coefficient (Wildman–Crippen LogP) is 3.68. The molecule has 0 amide bonds. The maximum Gasteiger partial charge on any atom is 0.156 e. The third kappa shape index (κ3) is 2.24. The van der Waals surface area contributed by atoms with E-state index in [4.69, 9.17) is 9.47 Å². The first-order valence-electron chi connectivity index (χ1n) is 6.70. The van der Waals surface area contributed by atoms with Gasteiger partial charge in [-0.25, -0.2) is 0 Å². The number of ether oxygens (including phenoxy) is 2. The van der Waals surface area contributed by atoms with Gasteiger partial charge in [-0.1, -0.05) is 43.2 Å². The van der Waals surface area contributed by atoms with Crippen LogP contribution in [0.5, 0.6) is 0 Å². The van der Waals surface area contributed by atoms with Crippen molar-refractivity contribution < 1.29 is 9.47 Å². The van der Waals surface area contributed by atoms with Gasteiger partial charge in [0, 0.05) is 5.92 Å². The van der Waals surface area contributed by atoms with Crippen molar-refractivity contribution in [3.8, 4) is 0 Å². The van der Waals surface area contributed by atoms with Gasteiger partial charge in [0.25, 0.3) is 0 Å². The van der Waals surface area contributed by atoms with E-state index < -0.39 is 0 Å². The van der Waals surface area contributed by atoms with Crippen LogP contribution in [0.25, 0.3) is 0 Å². The molecule has 1 aliphatic heterocycles. The van der Waals surface area contributed by atoms with Crippen LogP contribution in [-0.4, -0.2) is 12.4 Å². The fourth-order valence-electron chi connectivity index (χ4n) is 3.19. The second-order valence-electron chi connectivity index (χ2n) is 5.16. The summed E-state index contributed by atoms with van der Waals surface area (Å²) >= 11 is 0. The molecule has 0 aromatic heterocycles. The smallest absolute Gasteiger partial charge is 0.156 e. The Balaban J connectivity index is 1.86. The molecule has 2 heteroatoms. The third-order valence-electron chi connectivity index (χ3n) is 3.98. The van der Waals surface area contributed by atoms with Crippen molar-refractivity contribution in [2.75, 3.05) is 0 Å². The molecule has 1 aromatic rings. The van der Waals surface area contributed by atoms with Crippen LogP contribution in [0.3, 0.4) is 0 Å². The number of hydrogen-bond donors (Lipinski definition) is 0. The predicted molar refractivity (Wildman–Crippen MR) is 66.6 cm³/mol. The van der Waals surface area contributed by atoms with E-state index in [1.165, 1.54) is 31.2 Å². The number of hydrogen-bond acceptors (Lipinski definition) is 2. The molecule has 1 aliphatic carbocycles. The zero-order valence-electron chi connectivity index (χ0n) is 10.3. The van der Waals surface area contributed by atoms with Crippen molar-refractivity contribution in [2.45, 2.75) is 51.1 Å². The Labute approximate surface area is 103 Å². The molecule has 2 fully saturated rings. The highest BCUT2D eigenvalue weighted by molar-refractivity contribution is 5.19. The Morgan fingerprint density at radius 2 is 1.76 bits per heavy atom. The summed E-state index contributed by atoms with van der Waals surface area (Å²) in [6.45, 7) is 2.01. The van der Waals surface area contributed by atoms with Crippen LogP contribution in [0, 0.1) is 5.92 Å². The average Bonchev–Trinajstić information content (AvgIpc) is 2.39. The van der Waals surface area contributed by atoms with Gasteiger partial charge in [-0.15, -0.1) is 0 Å². The minimum atomic E-state index is -0.0699. The van der Waals surface area contributed by atoms with Crippen molar-refractivity contribution in [2.24, 2.45) is 5.92 Å². The topological polar surface area (TPSA) is 18.5 Å². The molecule has 0 radical (unpaired) electrons. The molecule has 2 aliphatic rings. The maximum atomic E-state index is 6.02. The monoisotopic (exact) mass is 232 g/mol. The van der Waals surface area contributed by atoms with Gasteiger partial charge in [-0.05, 0) is 25.3 Å². The minimum absolute atomic E-state index is 0.0699. The summed E-state index contributed by atoms with van der Waals surface area (Å²) in [7, 11) is 0. The van der Waals surface area contributed by atoms with Crippen LogP contribution >= 0.6 is 0 Å². The second-order valence-corrected chi connectivity index (χ2v) is 5.16. The molecule has 92 valence electrons. The number of rotatable bonds is 1. The maximum absolute atomic E-state index is 6.02. The largest absolute Gasteiger partial charge is 0.349 e. The molecule has 1 heterocycles. The lowest BCUT2D eigenvalue weighted by Crippen LogP contribution is -2.42. The second kappa shape index (κ2) is 4.79. The molecule has 0 N–H and O–H groups in total. The van der Waals surface area contributed by atoms with Gasteiger partial charge in [0.05, 0.1) is 12.2 Å². The lowest BCUT2D eigenvalue weighted by atomic mass is 9.79. The molecule has 1 aromatic carbocycles. The Bertz CT molecular complexity index is 362. The average molecular weight is 232 g/mol. The minimum Gasteiger partial charge on any atom is -0.349 e. The summed E-state index contributed by atoms with van der Waals surface area (Å²) in [5.74, 6) is 0.544. The standard InChI is InChI=1S/C15H20O2/c1-11-16-14-10-6-5-9-13(14)15(17-11)12-7-3-2-4-8-12/h2-4,7-8,11,13-15H,5-6,9-10H2,1H3. The summed E-state index contributed by atoms with van der Waals surface area (Å²) in [6.07, 6.45) is 5.60. The van der Waals surface area contributed by atoms with E-state index in [1.54, 1.807) is 0 Å². The Kier molecular flexibility index (Phi) is 3.17. The molecular formula is C15H20O2. The van der Waals surface area contributed by atoms with Gasteiger partial charge >= 0.3 is 0 Å². The first-order valence-corrected chi connectivity index (χ1v) is 6.70. The normalized spacial score (nSPS) is 37.5. The Morgan fingerprint density at radius 3 is 2.59 bits per heavy atom. The highest BCUT2D eigenvalue weighted by atomic mass is 16.7. The van der Waals surface area contributed by atoms with Crippen molar-refractivity contribution in [1.82, 2.24) is 0 Å². The van der Waals surface area contributed by atoms with Crippen LogP contribution in [0.2, 0.25) is 0 Å². The van der Waals surface area contributed by atoms with Gasteiger partial charge in [-0.2, -0.15) is 0 Å². The van der Waals surface area contributed by atoms with E-state index in [1.807, 2.05) is 6.92 Å². The van der Waals surface area contributed by atoms with Crippen molar-refractivity contribution in [3.05, 3.63) is 35.9 Å². The van der Waals surface area contributed by atoms with Crippen LogP contribution in [0.4, 0.5) is 0 Å². The Morgan fingerprint density at radius 1 is 1.00 bits per heavy atom. The van der Waals surface area contributed by atoms with Gasteiger partial charge in [0.1, 0.15) is 0 Å². The van der Waals surface area contributed by atoms with E-state index >= 15 is 0 Å². The first kappa shape index (κ1) is 11.2. The van der Waals surface area contributed by atoms with Crippen molar-refractivity contribution in [3.63, 3.8) is 0 Å². The molecule has 3 rings (SSSR count). The summed E-state index contributed by atoms with van der Waals surface area (Å²) in [5.41, 5.74) is 1.31. The molecular weight excluding hydrogens is 212 g/mol. The van der Waals surface area contributed by atoms with Gasteiger partial charge < -0.3 is 9.47 Å². The lowest BCUT2D eigenvalue weighted by molar-refractivity contribution is -0.270. The summed E-state index contributed by atoms with van der Waals surface area (Å²) in [5, 5.41) is 0. The van der Waals surface area contributed by atoms with Crippen molar-refractivity contribution >= 4 is 0 Å². The van der Waals surface area contributed by atoms with Crippen LogP contribution < -0.4 is 0 Å². The number of fused-ring (bicyclic) bond motifs is 1. The third-order valence-corrected chi connectivity index (χ3v) is 3.98. The van der Waals surface area contributed by atoms with E-state index in [9.17, 15) is 0 Å². The van der Waals surface area contributed by atoms with E-state index in [-0.39, 0.29) is 12.4 Å². The van der Waals surface area contributed by atoms with Gasteiger partial charge in [0.15, 0.2) is 6.29 Å². The van der Waals surface area contributed by atoms with Gasteiger partial charge in [-0.3, -0.25) is 0 Å². The highest BCUT2D eigenvalue weighted by Gasteiger charge is 2.39. The molecule has 4 unspecified atom stereocenters. The van der Waals surface area contributed by atoms with Crippen LogP contribution in [0.15, 0.2) is 30.3 Å². The van der Waals surface area contributed by atoms with E-state index in [0.717, 1.165) is 0 Å². The molecule has 0 spiro atoms. The molecule has 1 saturated carbocycles. The number of benzene rings is 1. The zero-order valence-corrected chi connectivity index (χ0v) is 10.3. The van der Waals surface area contributed by atoms with Crippen molar-refractivity contribution in [1.29, 1.82) is 0 Å². The molecule has 1 saturated heterocycles. The highest BCUT2D eigenvalue weighted by Crippen LogP contribution is 2.42. The summed E-state index contributed by atoms with van der Waals surface area (Å²) in [4.78, 5) is 0. The van der Waals surface area contributed by atoms with E-state index in [2.05, 4.69) is 30.3 Å². The van der Waals surface area contributed by atoms with Crippen LogP contribution in [0.1, 0.15) is 44.3 Å². The quantitative estimate of drug-likeness (QED) is 0.735. The Hall–Kier alpha value is -0.860. The van der Waals surface area contributed by atoms with Gasteiger partial charge in [0.2, 0.25) is 0 Å². The first-order chi connectivity index (χ1) is 8.34.